The van der Waals surface area contributed by atoms with Gasteiger partial charge in [0.05, 0.1) is 11.5 Å². The van der Waals surface area contributed by atoms with Crippen molar-refractivity contribution in [1.82, 2.24) is 4.98 Å². The summed E-state index contributed by atoms with van der Waals surface area (Å²) in [6.07, 6.45) is 2.95. The Bertz CT molecular complexity index is 475. The SMILES string of the molecule is CCCC(C)COc1ncc([N+](=O)[O-])cc1C(=O)O. The number of carbonyl (C=O) groups is 1. The van der Waals surface area contributed by atoms with Crippen LogP contribution in [-0.2, 0) is 0 Å². The van der Waals surface area contributed by atoms with Gasteiger partial charge in [0.25, 0.3) is 5.69 Å². The molecule has 0 aliphatic carbocycles. The summed E-state index contributed by atoms with van der Waals surface area (Å²) < 4.78 is 5.33. The van der Waals surface area contributed by atoms with Crippen LogP contribution < -0.4 is 4.74 Å². The number of aromatic nitrogens is 1. The third-order valence-electron chi connectivity index (χ3n) is 2.56. The lowest BCUT2D eigenvalue weighted by molar-refractivity contribution is -0.385. The molecule has 1 unspecified atom stereocenters. The molecule has 1 aromatic heterocycles. The number of ether oxygens (including phenoxy) is 1. The lowest BCUT2D eigenvalue weighted by Gasteiger charge is -2.12. The maximum absolute atomic E-state index is 11.0. The van der Waals surface area contributed by atoms with E-state index in [-0.39, 0.29) is 23.0 Å². The van der Waals surface area contributed by atoms with Gasteiger partial charge in [-0.25, -0.2) is 9.78 Å². The molecule has 0 radical (unpaired) electrons. The van der Waals surface area contributed by atoms with Crippen molar-refractivity contribution in [2.24, 2.45) is 5.92 Å². The van der Waals surface area contributed by atoms with Crippen LogP contribution in [0.4, 0.5) is 5.69 Å². The van der Waals surface area contributed by atoms with E-state index >= 15 is 0 Å². The fourth-order valence-corrected chi connectivity index (χ4v) is 1.61. The maximum Gasteiger partial charge on any atom is 0.341 e. The number of aromatic carboxylic acids is 1. The van der Waals surface area contributed by atoms with Crippen LogP contribution in [0.2, 0.25) is 0 Å². The summed E-state index contributed by atoms with van der Waals surface area (Å²) in [4.78, 5) is 24.6. The van der Waals surface area contributed by atoms with E-state index in [0.29, 0.717) is 6.61 Å². The van der Waals surface area contributed by atoms with Gasteiger partial charge in [0.2, 0.25) is 5.88 Å². The van der Waals surface area contributed by atoms with Crippen molar-refractivity contribution < 1.29 is 19.6 Å². The summed E-state index contributed by atoms with van der Waals surface area (Å²) >= 11 is 0. The zero-order valence-corrected chi connectivity index (χ0v) is 10.8. The highest BCUT2D eigenvalue weighted by Crippen LogP contribution is 2.21. The highest BCUT2D eigenvalue weighted by Gasteiger charge is 2.19. The monoisotopic (exact) mass is 268 g/mol. The first-order valence-electron chi connectivity index (χ1n) is 5.96. The summed E-state index contributed by atoms with van der Waals surface area (Å²) in [5.41, 5.74) is -0.663. The van der Waals surface area contributed by atoms with Crippen molar-refractivity contribution in [3.63, 3.8) is 0 Å². The van der Waals surface area contributed by atoms with E-state index < -0.39 is 10.9 Å². The number of pyridine rings is 1. The Morgan fingerprint density at radius 1 is 1.63 bits per heavy atom. The van der Waals surface area contributed by atoms with Crippen LogP contribution >= 0.6 is 0 Å². The fourth-order valence-electron chi connectivity index (χ4n) is 1.61. The Morgan fingerprint density at radius 2 is 2.32 bits per heavy atom. The molecule has 0 saturated carbocycles. The number of rotatable bonds is 7. The maximum atomic E-state index is 11.0. The van der Waals surface area contributed by atoms with E-state index in [2.05, 4.69) is 4.98 Å². The average Bonchev–Trinajstić information content (AvgIpc) is 2.36. The second-order valence-electron chi connectivity index (χ2n) is 4.31. The molecule has 0 aromatic carbocycles. The first-order valence-corrected chi connectivity index (χ1v) is 5.96. The van der Waals surface area contributed by atoms with Crippen molar-refractivity contribution in [1.29, 1.82) is 0 Å². The van der Waals surface area contributed by atoms with Crippen LogP contribution in [0.25, 0.3) is 0 Å². The third kappa shape index (κ3) is 4.20. The molecule has 1 rings (SSSR count). The van der Waals surface area contributed by atoms with E-state index in [0.717, 1.165) is 25.1 Å². The van der Waals surface area contributed by atoms with Gasteiger partial charge in [0.1, 0.15) is 11.8 Å². The lowest BCUT2D eigenvalue weighted by Crippen LogP contribution is -2.12. The van der Waals surface area contributed by atoms with Crippen molar-refractivity contribution in [3.8, 4) is 5.88 Å². The molecular formula is C12H16N2O5. The third-order valence-corrected chi connectivity index (χ3v) is 2.56. The van der Waals surface area contributed by atoms with Crippen LogP contribution in [-0.4, -0.2) is 27.6 Å². The topological polar surface area (TPSA) is 103 Å². The fraction of sp³-hybridized carbons (Fsp3) is 0.500. The highest BCUT2D eigenvalue weighted by atomic mass is 16.6. The molecule has 104 valence electrons. The van der Waals surface area contributed by atoms with Gasteiger partial charge in [-0.3, -0.25) is 10.1 Å². The summed E-state index contributed by atoms with van der Waals surface area (Å²) in [5.74, 6) is -1.11. The first-order chi connectivity index (χ1) is 8.95. The number of carboxylic acid groups (broad SMARTS) is 1. The van der Waals surface area contributed by atoms with Gasteiger partial charge in [-0.1, -0.05) is 20.3 Å². The molecule has 1 aromatic rings. The summed E-state index contributed by atoms with van der Waals surface area (Å²) in [6.45, 7) is 4.36. The van der Waals surface area contributed by atoms with Gasteiger partial charge < -0.3 is 9.84 Å². The summed E-state index contributed by atoms with van der Waals surface area (Å²) in [7, 11) is 0. The molecule has 0 spiro atoms. The zero-order chi connectivity index (χ0) is 14.4. The highest BCUT2D eigenvalue weighted by molar-refractivity contribution is 5.90. The van der Waals surface area contributed by atoms with E-state index in [1.165, 1.54) is 0 Å². The number of nitro groups is 1. The van der Waals surface area contributed by atoms with E-state index in [4.69, 9.17) is 9.84 Å². The Labute approximate surface area is 110 Å². The quantitative estimate of drug-likeness (QED) is 0.602. The van der Waals surface area contributed by atoms with Gasteiger partial charge in [-0.2, -0.15) is 0 Å². The number of nitrogens with zero attached hydrogens (tertiary/aromatic N) is 2. The second-order valence-corrected chi connectivity index (χ2v) is 4.31. The smallest absolute Gasteiger partial charge is 0.341 e. The first kappa shape index (κ1) is 14.9. The molecule has 0 fully saturated rings. The largest absolute Gasteiger partial charge is 0.477 e. The van der Waals surface area contributed by atoms with Gasteiger partial charge in [0.15, 0.2) is 0 Å². The van der Waals surface area contributed by atoms with Crippen molar-refractivity contribution in [3.05, 3.63) is 27.9 Å². The Kier molecular flexibility index (Phi) is 5.23. The van der Waals surface area contributed by atoms with Gasteiger partial charge in [-0.15, -0.1) is 0 Å². The molecule has 0 saturated heterocycles. The van der Waals surface area contributed by atoms with Crippen LogP contribution in [0.15, 0.2) is 12.3 Å². The van der Waals surface area contributed by atoms with Crippen LogP contribution in [0.5, 0.6) is 5.88 Å². The normalized spacial score (nSPS) is 11.9. The van der Waals surface area contributed by atoms with Gasteiger partial charge in [-0.05, 0) is 12.3 Å². The molecule has 0 aliphatic rings. The average molecular weight is 268 g/mol. The molecular weight excluding hydrogens is 252 g/mol. The number of hydrogen-bond donors (Lipinski definition) is 1. The predicted octanol–water partition coefficient (Wildman–Crippen LogP) is 2.50. The molecule has 0 bridgehead atoms. The van der Waals surface area contributed by atoms with E-state index in [1.807, 2.05) is 13.8 Å². The minimum Gasteiger partial charge on any atom is -0.477 e. The van der Waals surface area contributed by atoms with Crippen LogP contribution in [0.1, 0.15) is 37.0 Å². The van der Waals surface area contributed by atoms with E-state index in [9.17, 15) is 14.9 Å². The zero-order valence-electron chi connectivity index (χ0n) is 10.8. The van der Waals surface area contributed by atoms with Crippen molar-refractivity contribution >= 4 is 11.7 Å². The predicted molar refractivity (Wildman–Crippen MR) is 67.4 cm³/mol. The van der Waals surface area contributed by atoms with E-state index in [1.54, 1.807) is 0 Å². The molecule has 1 atom stereocenters. The molecule has 1 N–H and O–H groups in total. The minimum absolute atomic E-state index is 0.0824. The van der Waals surface area contributed by atoms with Crippen molar-refractivity contribution in [2.75, 3.05) is 6.61 Å². The van der Waals surface area contributed by atoms with Crippen molar-refractivity contribution in [2.45, 2.75) is 26.7 Å². The second kappa shape index (κ2) is 6.67. The Morgan fingerprint density at radius 3 is 2.84 bits per heavy atom. The standard InChI is InChI=1S/C12H16N2O5/c1-3-4-8(2)7-19-11-10(12(15)16)5-9(6-13-11)14(17)18/h5-6,8H,3-4,7H2,1-2H3,(H,15,16). The molecule has 19 heavy (non-hydrogen) atoms. The van der Waals surface area contributed by atoms with Gasteiger partial charge in [0, 0.05) is 6.07 Å². The number of hydrogen-bond acceptors (Lipinski definition) is 5. The molecule has 7 nitrogen and oxygen atoms in total. The minimum atomic E-state index is -1.30. The molecule has 0 aliphatic heterocycles. The van der Waals surface area contributed by atoms with Crippen LogP contribution in [0, 0.1) is 16.0 Å². The van der Waals surface area contributed by atoms with Crippen LogP contribution in [0.3, 0.4) is 0 Å². The lowest BCUT2D eigenvalue weighted by atomic mass is 10.1. The van der Waals surface area contributed by atoms with Gasteiger partial charge >= 0.3 is 5.97 Å². The number of carboxylic acids is 1. The summed E-state index contributed by atoms with van der Waals surface area (Å²) in [6, 6.07) is 0.954. The Hall–Kier alpha value is -2.18. The Balaban J connectivity index is 2.88. The molecule has 7 heteroatoms. The summed E-state index contributed by atoms with van der Waals surface area (Å²) in [5, 5.41) is 19.6. The molecule has 0 amide bonds. The molecule has 1 heterocycles.